The number of halogens is 1. The van der Waals surface area contributed by atoms with E-state index in [1.165, 1.54) is 36.5 Å². The Labute approximate surface area is 96.1 Å². The maximum absolute atomic E-state index is 12.9. The minimum atomic E-state index is -0.572. The molecule has 1 aromatic heterocycles. The summed E-state index contributed by atoms with van der Waals surface area (Å²) in [5.41, 5.74) is -0.198. The van der Waals surface area contributed by atoms with Gasteiger partial charge in [-0.1, -0.05) is 6.07 Å². The van der Waals surface area contributed by atoms with Gasteiger partial charge in [-0.2, -0.15) is 0 Å². The molecule has 0 unspecified atom stereocenters. The van der Waals surface area contributed by atoms with Crippen LogP contribution in [0, 0.1) is 5.82 Å². The smallest absolute Gasteiger partial charge is 0.261 e. The van der Waals surface area contributed by atoms with Crippen molar-refractivity contribution in [2.75, 3.05) is 5.32 Å². The number of H-pyrrole nitrogens is 1. The second-order valence-corrected chi connectivity index (χ2v) is 3.38. The molecule has 0 bridgehead atoms. The number of hydrogen-bond acceptors (Lipinski definition) is 2. The summed E-state index contributed by atoms with van der Waals surface area (Å²) in [4.78, 5) is 25.4. The molecule has 86 valence electrons. The molecule has 5 heteroatoms. The summed E-state index contributed by atoms with van der Waals surface area (Å²) in [7, 11) is 0. The fourth-order valence-electron chi connectivity index (χ4n) is 1.37. The lowest BCUT2D eigenvalue weighted by Crippen LogP contribution is -2.22. The van der Waals surface area contributed by atoms with Gasteiger partial charge in [0.15, 0.2) is 0 Å². The average molecular weight is 232 g/mol. The van der Waals surface area contributed by atoms with Crippen molar-refractivity contribution < 1.29 is 9.18 Å². The van der Waals surface area contributed by atoms with E-state index in [0.717, 1.165) is 0 Å². The Bertz CT molecular complexity index is 607. The molecule has 1 heterocycles. The van der Waals surface area contributed by atoms with Gasteiger partial charge in [-0.3, -0.25) is 9.59 Å². The molecule has 0 fully saturated rings. The predicted molar refractivity (Wildman–Crippen MR) is 61.4 cm³/mol. The highest BCUT2D eigenvalue weighted by Gasteiger charge is 2.09. The lowest BCUT2D eigenvalue weighted by molar-refractivity contribution is 0.102. The number of carbonyl (C=O) groups excluding carboxylic acids is 1. The second kappa shape index (κ2) is 4.61. The van der Waals surface area contributed by atoms with Crippen LogP contribution in [0.2, 0.25) is 0 Å². The largest absolute Gasteiger partial charge is 0.328 e. The number of nitrogens with one attached hydrogen (secondary N) is 2. The van der Waals surface area contributed by atoms with E-state index in [1.807, 2.05) is 0 Å². The normalized spacial score (nSPS) is 9.94. The van der Waals surface area contributed by atoms with E-state index in [0.29, 0.717) is 5.69 Å². The summed E-state index contributed by atoms with van der Waals surface area (Å²) >= 11 is 0. The molecule has 1 amide bonds. The first-order chi connectivity index (χ1) is 8.16. The Balaban J connectivity index is 2.23. The number of hydrogen-bond donors (Lipinski definition) is 2. The van der Waals surface area contributed by atoms with Gasteiger partial charge in [0.05, 0.1) is 0 Å². The summed E-state index contributed by atoms with van der Waals surface area (Å²) < 4.78 is 12.9. The highest BCUT2D eigenvalue weighted by atomic mass is 19.1. The maximum Gasteiger partial charge on any atom is 0.261 e. The topological polar surface area (TPSA) is 62.0 Å². The second-order valence-electron chi connectivity index (χ2n) is 3.38. The van der Waals surface area contributed by atoms with E-state index in [4.69, 9.17) is 0 Å². The van der Waals surface area contributed by atoms with E-state index in [1.54, 1.807) is 6.07 Å². The van der Waals surface area contributed by atoms with Crippen LogP contribution in [0.5, 0.6) is 0 Å². The zero-order valence-corrected chi connectivity index (χ0v) is 8.74. The van der Waals surface area contributed by atoms with E-state index >= 15 is 0 Å². The van der Waals surface area contributed by atoms with Gasteiger partial charge in [0, 0.05) is 11.9 Å². The molecule has 4 nitrogen and oxygen atoms in total. The Morgan fingerprint density at radius 3 is 2.76 bits per heavy atom. The Morgan fingerprint density at radius 1 is 1.24 bits per heavy atom. The number of carbonyl (C=O) groups is 1. The fourth-order valence-corrected chi connectivity index (χ4v) is 1.37. The summed E-state index contributed by atoms with van der Waals surface area (Å²) in [5, 5.41) is 2.44. The Kier molecular flexibility index (Phi) is 3.00. The molecule has 17 heavy (non-hydrogen) atoms. The van der Waals surface area contributed by atoms with Crippen molar-refractivity contribution in [1.82, 2.24) is 4.98 Å². The van der Waals surface area contributed by atoms with E-state index < -0.39 is 17.3 Å². The van der Waals surface area contributed by atoms with Gasteiger partial charge in [0.1, 0.15) is 11.4 Å². The minimum absolute atomic E-state index is 0.0169. The van der Waals surface area contributed by atoms with E-state index in [2.05, 4.69) is 10.3 Å². The molecular formula is C12H9FN2O2. The number of benzene rings is 1. The summed E-state index contributed by atoms with van der Waals surface area (Å²) in [6.45, 7) is 0. The molecule has 0 atom stereocenters. The molecule has 0 aliphatic rings. The molecule has 0 saturated carbocycles. The molecule has 0 saturated heterocycles. The number of aromatic amines is 1. The van der Waals surface area contributed by atoms with Crippen LogP contribution in [0.4, 0.5) is 10.1 Å². The van der Waals surface area contributed by atoms with Gasteiger partial charge in [0.25, 0.3) is 11.5 Å². The van der Waals surface area contributed by atoms with Gasteiger partial charge in [-0.05, 0) is 30.3 Å². The zero-order valence-electron chi connectivity index (χ0n) is 8.74. The van der Waals surface area contributed by atoms with Crippen molar-refractivity contribution in [2.24, 2.45) is 0 Å². The summed E-state index contributed by atoms with van der Waals surface area (Å²) in [6, 6.07) is 8.40. The van der Waals surface area contributed by atoms with Crippen LogP contribution in [-0.4, -0.2) is 10.9 Å². The standard InChI is InChI=1S/C12H9FN2O2/c13-8-3-1-4-9(7-8)15-12(17)10-5-2-6-14-11(10)16/h1-7H,(H,14,16)(H,15,17). The highest BCUT2D eigenvalue weighted by molar-refractivity contribution is 6.03. The van der Waals surface area contributed by atoms with E-state index in [-0.39, 0.29) is 5.56 Å². The lowest BCUT2D eigenvalue weighted by atomic mass is 10.2. The quantitative estimate of drug-likeness (QED) is 0.828. The maximum atomic E-state index is 12.9. The molecule has 2 rings (SSSR count). The van der Waals surface area contributed by atoms with Crippen molar-refractivity contribution in [3.63, 3.8) is 0 Å². The predicted octanol–water partition coefficient (Wildman–Crippen LogP) is 1.77. The first kappa shape index (κ1) is 11.1. The van der Waals surface area contributed by atoms with Gasteiger partial charge in [-0.25, -0.2) is 4.39 Å². The minimum Gasteiger partial charge on any atom is -0.328 e. The van der Waals surface area contributed by atoms with Crippen LogP contribution in [0.15, 0.2) is 47.4 Å². The Morgan fingerprint density at radius 2 is 2.06 bits per heavy atom. The van der Waals surface area contributed by atoms with Crippen LogP contribution >= 0.6 is 0 Å². The van der Waals surface area contributed by atoms with Crippen molar-refractivity contribution in [3.05, 3.63) is 64.3 Å². The number of rotatable bonds is 2. The summed E-state index contributed by atoms with van der Waals surface area (Å²) in [5.74, 6) is -1.03. The van der Waals surface area contributed by atoms with Crippen molar-refractivity contribution in [3.8, 4) is 0 Å². The van der Waals surface area contributed by atoms with Crippen molar-refractivity contribution in [2.45, 2.75) is 0 Å². The molecule has 1 aromatic carbocycles. The van der Waals surface area contributed by atoms with Crippen LogP contribution < -0.4 is 10.9 Å². The first-order valence-electron chi connectivity index (χ1n) is 4.91. The SMILES string of the molecule is O=C(Nc1cccc(F)c1)c1ccc[nH]c1=O. The third kappa shape index (κ3) is 2.57. The molecule has 2 N–H and O–H groups in total. The molecule has 0 aliphatic carbocycles. The molecule has 0 aliphatic heterocycles. The van der Waals surface area contributed by atoms with Gasteiger partial charge in [0.2, 0.25) is 0 Å². The van der Waals surface area contributed by atoms with Gasteiger partial charge < -0.3 is 10.3 Å². The monoisotopic (exact) mass is 232 g/mol. The first-order valence-corrected chi connectivity index (χ1v) is 4.91. The lowest BCUT2D eigenvalue weighted by Gasteiger charge is -2.04. The van der Waals surface area contributed by atoms with Crippen LogP contribution in [0.3, 0.4) is 0 Å². The highest BCUT2D eigenvalue weighted by Crippen LogP contribution is 2.09. The third-order valence-corrected chi connectivity index (χ3v) is 2.15. The molecular weight excluding hydrogens is 223 g/mol. The van der Waals surface area contributed by atoms with E-state index in [9.17, 15) is 14.0 Å². The molecule has 0 radical (unpaired) electrons. The van der Waals surface area contributed by atoms with Crippen LogP contribution in [0.1, 0.15) is 10.4 Å². The average Bonchev–Trinajstić information content (AvgIpc) is 2.29. The summed E-state index contributed by atoms with van der Waals surface area (Å²) in [6.07, 6.45) is 1.43. The number of anilines is 1. The fraction of sp³-hybridized carbons (Fsp3) is 0. The van der Waals surface area contributed by atoms with Gasteiger partial charge in [-0.15, -0.1) is 0 Å². The Hall–Kier alpha value is -2.43. The number of pyridine rings is 1. The number of aromatic nitrogens is 1. The van der Waals surface area contributed by atoms with Crippen LogP contribution in [-0.2, 0) is 0 Å². The van der Waals surface area contributed by atoms with Crippen LogP contribution in [0.25, 0.3) is 0 Å². The van der Waals surface area contributed by atoms with Crippen molar-refractivity contribution in [1.29, 1.82) is 0 Å². The number of amides is 1. The molecule has 2 aromatic rings. The van der Waals surface area contributed by atoms with Crippen molar-refractivity contribution >= 4 is 11.6 Å². The molecule has 0 spiro atoms. The van der Waals surface area contributed by atoms with Gasteiger partial charge >= 0.3 is 0 Å². The zero-order chi connectivity index (χ0) is 12.3. The third-order valence-electron chi connectivity index (χ3n) is 2.15.